The highest BCUT2D eigenvalue weighted by Gasteiger charge is 2.19. The highest BCUT2D eigenvalue weighted by molar-refractivity contribution is 5.94. The minimum atomic E-state index is -1.23. The van der Waals surface area contributed by atoms with Crippen molar-refractivity contribution in [2.24, 2.45) is 5.41 Å². The van der Waals surface area contributed by atoms with Gasteiger partial charge in [-0.3, -0.25) is 9.48 Å². The van der Waals surface area contributed by atoms with Gasteiger partial charge in [0.2, 0.25) is 0 Å². The van der Waals surface area contributed by atoms with Gasteiger partial charge in [-0.25, -0.2) is 4.79 Å². The third kappa shape index (κ3) is 3.79. The second-order valence-corrected chi connectivity index (χ2v) is 7.98. The Labute approximate surface area is 157 Å². The summed E-state index contributed by atoms with van der Waals surface area (Å²) in [6, 6.07) is 7.40. The van der Waals surface area contributed by atoms with Crippen LogP contribution < -0.4 is 5.43 Å². The molecule has 0 aliphatic rings. The fraction of sp³-hybridized carbons (Fsp3) is 0.381. The number of aryl methyl sites for hydroxylation is 2. The number of benzene rings is 1. The summed E-state index contributed by atoms with van der Waals surface area (Å²) in [6.07, 6.45) is 3.05. The van der Waals surface area contributed by atoms with Gasteiger partial charge in [-0.2, -0.15) is 5.10 Å². The molecule has 0 bridgehead atoms. The maximum Gasteiger partial charge on any atom is 0.341 e. The van der Waals surface area contributed by atoms with Gasteiger partial charge in [0.05, 0.1) is 16.9 Å². The highest BCUT2D eigenvalue weighted by Crippen LogP contribution is 2.31. The van der Waals surface area contributed by atoms with Gasteiger partial charge in [0.15, 0.2) is 5.43 Å². The SMILES string of the molecule is CCc1cccc2c(-c3cc(=O)c(C(=O)O)c[nH]3)n(CCC(C)(C)C)nc12. The first-order valence-electron chi connectivity index (χ1n) is 9.16. The fourth-order valence-electron chi connectivity index (χ4n) is 3.16. The number of H-pyrrole nitrogens is 1. The molecular formula is C21H25N3O3. The number of nitrogens with one attached hydrogen (secondary N) is 1. The first kappa shape index (κ1) is 18.9. The van der Waals surface area contributed by atoms with E-state index in [2.05, 4.69) is 38.7 Å². The standard InChI is InChI=1S/C21H25N3O3/c1-5-13-7-6-8-14-18(13)23-24(10-9-21(2,3)4)19(14)16-11-17(25)15(12-22-16)20(26)27/h6-8,11-12H,5,9-10H2,1-4H3,(H,22,25)(H,26,27). The molecule has 0 saturated carbocycles. The molecule has 2 aromatic heterocycles. The average molecular weight is 367 g/mol. The van der Waals surface area contributed by atoms with Crippen LogP contribution in [0, 0.1) is 5.41 Å². The Kier molecular flexibility index (Phi) is 4.91. The summed E-state index contributed by atoms with van der Waals surface area (Å²) in [4.78, 5) is 26.4. The van der Waals surface area contributed by atoms with Crippen molar-refractivity contribution in [3.8, 4) is 11.4 Å². The second kappa shape index (κ2) is 7.02. The third-order valence-corrected chi connectivity index (χ3v) is 4.71. The molecular weight excluding hydrogens is 342 g/mol. The van der Waals surface area contributed by atoms with Crippen molar-refractivity contribution in [1.82, 2.24) is 14.8 Å². The quantitative estimate of drug-likeness (QED) is 0.711. The normalized spacial score (nSPS) is 11.9. The van der Waals surface area contributed by atoms with Crippen LogP contribution in [0.5, 0.6) is 0 Å². The molecule has 0 aliphatic heterocycles. The molecule has 0 aliphatic carbocycles. The van der Waals surface area contributed by atoms with E-state index in [4.69, 9.17) is 10.2 Å². The van der Waals surface area contributed by atoms with Crippen molar-refractivity contribution in [2.75, 3.05) is 0 Å². The monoisotopic (exact) mass is 367 g/mol. The number of pyridine rings is 1. The van der Waals surface area contributed by atoms with Crippen molar-refractivity contribution >= 4 is 16.9 Å². The molecule has 0 amide bonds. The molecule has 27 heavy (non-hydrogen) atoms. The Morgan fingerprint density at radius 1 is 1.30 bits per heavy atom. The van der Waals surface area contributed by atoms with Crippen LogP contribution >= 0.6 is 0 Å². The first-order chi connectivity index (χ1) is 12.7. The first-order valence-corrected chi connectivity index (χ1v) is 9.16. The second-order valence-electron chi connectivity index (χ2n) is 7.98. The lowest BCUT2D eigenvalue weighted by Gasteiger charge is -2.18. The van der Waals surface area contributed by atoms with Crippen LogP contribution in [0.25, 0.3) is 22.3 Å². The summed E-state index contributed by atoms with van der Waals surface area (Å²) in [7, 11) is 0. The molecule has 0 saturated heterocycles. The maximum atomic E-state index is 12.2. The van der Waals surface area contributed by atoms with Gasteiger partial charge in [0.1, 0.15) is 5.56 Å². The van der Waals surface area contributed by atoms with E-state index in [1.165, 1.54) is 12.3 Å². The zero-order chi connectivity index (χ0) is 19.8. The number of carboxylic acid groups (broad SMARTS) is 1. The summed E-state index contributed by atoms with van der Waals surface area (Å²) in [6.45, 7) is 9.33. The van der Waals surface area contributed by atoms with Gasteiger partial charge in [0.25, 0.3) is 0 Å². The third-order valence-electron chi connectivity index (χ3n) is 4.71. The lowest BCUT2D eigenvalue weighted by Crippen LogP contribution is -2.16. The van der Waals surface area contributed by atoms with E-state index in [-0.39, 0.29) is 11.0 Å². The van der Waals surface area contributed by atoms with Crippen molar-refractivity contribution in [2.45, 2.75) is 47.1 Å². The lowest BCUT2D eigenvalue weighted by atomic mass is 9.92. The number of carboxylic acids is 1. The Morgan fingerprint density at radius 2 is 2.04 bits per heavy atom. The van der Waals surface area contributed by atoms with E-state index in [1.54, 1.807) is 0 Å². The van der Waals surface area contributed by atoms with Crippen LogP contribution in [0.1, 0.15) is 50.0 Å². The molecule has 0 radical (unpaired) electrons. The average Bonchev–Trinajstić information content (AvgIpc) is 2.97. The van der Waals surface area contributed by atoms with Crippen LogP contribution in [0.2, 0.25) is 0 Å². The lowest BCUT2D eigenvalue weighted by molar-refractivity contribution is 0.0695. The van der Waals surface area contributed by atoms with Gasteiger partial charge < -0.3 is 10.1 Å². The molecule has 2 heterocycles. The maximum absolute atomic E-state index is 12.2. The van der Waals surface area contributed by atoms with Gasteiger partial charge in [-0.05, 0) is 23.8 Å². The molecule has 0 spiro atoms. The molecule has 6 heteroatoms. The number of fused-ring (bicyclic) bond motifs is 1. The van der Waals surface area contributed by atoms with Crippen molar-refractivity contribution in [1.29, 1.82) is 0 Å². The van der Waals surface area contributed by atoms with Gasteiger partial charge in [-0.1, -0.05) is 45.9 Å². The predicted molar refractivity (Wildman–Crippen MR) is 106 cm³/mol. The molecule has 0 fully saturated rings. The molecule has 3 rings (SSSR count). The van der Waals surface area contributed by atoms with Gasteiger partial charge in [0, 0.05) is 24.2 Å². The van der Waals surface area contributed by atoms with Crippen LogP contribution in [-0.2, 0) is 13.0 Å². The van der Waals surface area contributed by atoms with Crippen LogP contribution in [0.15, 0.2) is 35.3 Å². The summed E-state index contributed by atoms with van der Waals surface area (Å²) in [5, 5.41) is 14.9. The predicted octanol–water partition coefficient (Wildman–Crippen LogP) is 4.09. The van der Waals surface area contributed by atoms with Gasteiger partial charge in [-0.15, -0.1) is 0 Å². The Balaban J connectivity index is 2.21. The number of carbonyl (C=O) groups is 1. The number of rotatable bonds is 5. The number of hydrogen-bond donors (Lipinski definition) is 2. The topological polar surface area (TPSA) is 88.0 Å². The summed E-state index contributed by atoms with van der Waals surface area (Å²) in [5.41, 5.74) is 2.83. The van der Waals surface area contributed by atoms with Crippen molar-refractivity contribution in [3.63, 3.8) is 0 Å². The van der Waals surface area contributed by atoms with E-state index >= 15 is 0 Å². The minimum Gasteiger partial charge on any atom is -0.477 e. The molecule has 6 nitrogen and oxygen atoms in total. The molecule has 0 atom stereocenters. The van der Waals surface area contributed by atoms with Crippen LogP contribution in [0.4, 0.5) is 0 Å². The van der Waals surface area contributed by atoms with E-state index in [1.807, 2.05) is 16.8 Å². The molecule has 3 aromatic rings. The number of hydrogen-bond acceptors (Lipinski definition) is 3. The zero-order valence-electron chi connectivity index (χ0n) is 16.2. The van der Waals surface area contributed by atoms with Crippen molar-refractivity contribution < 1.29 is 9.90 Å². The molecule has 142 valence electrons. The van der Waals surface area contributed by atoms with Crippen LogP contribution in [-0.4, -0.2) is 25.8 Å². The van der Waals surface area contributed by atoms with E-state index in [0.29, 0.717) is 12.2 Å². The number of aromatic amines is 1. The summed E-state index contributed by atoms with van der Waals surface area (Å²) >= 11 is 0. The Bertz CT molecular complexity index is 1050. The molecule has 2 N–H and O–H groups in total. The fourth-order valence-corrected chi connectivity index (χ4v) is 3.16. The van der Waals surface area contributed by atoms with E-state index < -0.39 is 11.4 Å². The smallest absolute Gasteiger partial charge is 0.341 e. The van der Waals surface area contributed by atoms with Crippen molar-refractivity contribution in [3.05, 3.63) is 51.8 Å². The van der Waals surface area contributed by atoms with E-state index in [0.717, 1.165) is 35.0 Å². The largest absolute Gasteiger partial charge is 0.477 e. The van der Waals surface area contributed by atoms with Crippen LogP contribution in [0.3, 0.4) is 0 Å². The summed E-state index contributed by atoms with van der Waals surface area (Å²) < 4.78 is 1.93. The highest BCUT2D eigenvalue weighted by atomic mass is 16.4. The van der Waals surface area contributed by atoms with E-state index in [9.17, 15) is 9.59 Å². The zero-order valence-corrected chi connectivity index (χ0v) is 16.2. The number of nitrogens with zero attached hydrogens (tertiary/aromatic N) is 2. The minimum absolute atomic E-state index is 0.142. The molecule has 0 unspecified atom stereocenters. The Hall–Kier alpha value is -2.89. The summed E-state index contributed by atoms with van der Waals surface area (Å²) in [5.74, 6) is -1.23. The van der Waals surface area contributed by atoms with Gasteiger partial charge >= 0.3 is 5.97 Å². The Morgan fingerprint density at radius 3 is 2.63 bits per heavy atom. The number of aromatic nitrogens is 3. The number of aromatic carboxylic acids is 1. The molecule has 1 aromatic carbocycles.